The third kappa shape index (κ3) is 3.99. The van der Waals surface area contributed by atoms with Gasteiger partial charge in [-0.15, -0.1) is 0 Å². The molecular formula is C23H32N4O3S. The minimum Gasteiger partial charge on any atom is -0.365 e. The molecule has 31 heavy (non-hydrogen) atoms. The predicted octanol–water partition coefficient (Wildman–Crippen LogP) is 3.08. The molecule has 1 N–H and O–H groups in total. The summed E-state index contributed by atoms with van der Waals surface area (Å²) in [6.45, 7) is 10.7. The first-order valence-electron chi connectivity index (χ1n) is 11.0. The number of nitrogens with zero attached hydrogens (tertiary/aromatic N) is 3. The first-order chi connectivity index (χ1) is 14.7. The number of amides is 1. The Morgan fingerprint density at radius 2 is 1.77 bits per heavy atom. The van der Waals surface area contributed by atoms with Crippen LogP contribution in [0.4, 0.5) is 5.69 Å². The first-order valence-corrected chi connectivity index (χ1v) is 12.5. The second kappa shape index (κ2) is 8.31. The quantitative estimate of drug-likeness (QED) is 0.786. The fourth-order valence-electron chi connectivity index (χ4n) is 4.88. The fraction of sp³-hybridized carbons (Fsp3) is 0.522. The Hall–Kier alpha value is -2.32. The molecule has 2 saturated heterocycles. The lowest BCUT2D eigenvalue weighted by molar-refractivity contribution is 0.0720. The highest BCUT2D eigenvalue weighted by atomic mass is 32.2. The van der Waals surface area contributed by atoms with Crippen LogP contribution in [-0.2, 0) is 10.0 Å². The van der Waals surface area contributed by atoms with Gasteiger partial charge in [0.1, 0.15) is 10.6 Å². The van der Waals surface area contributed by atoms with Crippen LogP contribution in [0.2, 0.25) is 0 Å². The number of aromatic nitrogens is 1. The van der Waals surface area contributed by atoms with Gasteiger partial charge in [-0.2, -0.15) is 4.31 Å². The number of H-pyrrole nitrogens is 1. The van der Waals surface area contributed by atoms with E-state index in [4.69, 9.17) is 0 Å². The van der Waals surface area contributed by atoms with Gasteiger partial charge in [0.2, 0.25) is 10.0 Å². The largest absolute Gasteiger partial charge is 0.365 e. The van der Waals surface area contributed by atoms with Crippen LogP contribution in [0.3, 0.4) is 0 Å². The van der Waals surface area contributed by atoms with Crippen LogP contribution in [0.15, 0.2) is 29.2 Å². The Labute approximate surface area is 185 Å². The molecule has 1 atom stereocenters. The molecule has 0 unspecified atom stereocenters. The molecule has 8 heteroatoms. The molecule has 2 aliphatic rings. The highest BCUT2D eigenvalue weighted by molar-refractivity contribution is 7.89. The molecule has 1 aromatic heterocycles. The van der Waals surface area contributed by atoms with Crippen molar-refractivity contribution in [1.82, 2.24) is 14.2 Å². The summed E-state index contributed by atoms with van der Waals surface area (Å²) in [4.78, 5) is 20.9. The van der Waals surface area contributed by atoms with E-state index in [2.05, 4.69) is 48.0 Å². The van der Waals surface area contributed by atoms with Crippen LogP contribution in [0, 0.1) is 20.8 Å². The van der Waals surface area contributed by atoms with E-state index < -0.39 is 10.0 Å². The number of hydrogen-bond donors (Lipinski definition) is 1. The normalized spacial score (nSPS) is 20.5. The van der Waals surface area contributed by atoms with Gasteiger partial charge in [-0.05, 0) is 63.8 Å². The number of aromatic amines is 1. The summed E-state index contributed by atoms with van der Waals surface area (Å²) in [5, 5.41) is 0. The van der Waals surface area contributed by atoms with Crippen LogP contribution >= 0.6 is 0 Å². The number of rotatable bonds is 4. The highest BCUT2D eigenvalue weighted by Gasteiger charge is 2.35. The number of nitrogens with one attached hydrogen (secondary N) is 1. The van der Waals surface area contributed by atoms with Gasteiger partial charge in [0.15, 0.2) is 0 Å². The Morgan fingerprint density at radius 3 is 2.42 bits per heavy atom. The number of piperazine rings is 1. The molecule has 7 nitrogen and oxygen atoms in total. The zero-order chi connectivity index (χ0) is 22.3. The summed E-state index contributed by atoms with van der Waals surface area (Å²) in [5.41, 5.74) is 3.85. The maximum atomic E-state index is 13.3. The van der Waals surface area contributed by atoms with Gasteiger partial charge in [0.25, 0.3) is 5.91 Å². The molecule has 0 bridgehead atoms. The topological polar surface area (TPSA) is 76.7 Å². The summed E-state index contributed by atoms with van der Waals surface area (Å²) >= 11 is 0. The standard InChI is InChI=1S/C23H32N4O3S/c1-16-8-7-9-20(14-16)27-13-12-25(15-17(27)2)23(28)21-18(3)22(19(4)24-21)31(29,30)26-10-5-6-11-26/h7-9,14,17,24H,5-6,10-13,15H2,1-4H3/t17-/m0/s1. The molecule has 1 aromatic carbocycles. The molecule has 1 amide bonds. The second-order valence-corrected chi connectivity index (χ2v) is 10.7. The number of anilines is 1. The zero-order valence-electron chi connectivity index (χ0n) is 18.8. The van der Waals surface area contributed by atoms with E-state index in [0.29, 0.717) is 43.1 Å². The summed E-state index contributed by atoms with van der Waals surface area (Å²) in [7, 11) is -3.58. The van der Waals surface area contributed by atoms with Crippen molar-refractivity contribution in [2.24, 2.45) is 0 Å². The average Bonchev–Trinajstić information content (AvgIpc) is 3.36. The molecule has 0 aliphatic carbocycles. The van der Waals surface area contributed by atoms with Crippen LogP contribution in [0.5, 0.6) is 0 Å². The van der Waals surface area contributed by atoms with Gasteiger partial charge in [0.05, 0.1) is 0 Å². The third-order valence-corrected chi connectivity index (χ3v) is 8.67. The molecule has 2 aliphatic heterocycles. The molecular weight excluding hydrogens is 412 g/mol. The maximum absolute atomic E-state index is 13.3. The van der Waals surface area contributed by atoms with Crippen molar-refractivity contribution in [3.8, 4) is 0 Å². The van der Waals surface area contributed by atoms with Crippen molar-refractivity contribution in [2.45, 2.75) is 51.5 Å². The Kier molecular flexibility index (Phi) is 5.87. The second-order valence-electron chi connectivity index (χ2n) is 8.82. The Morgan fingerprint density at radius 1 is 1.06 bits per heavy atom. The Balaban J connectivity index is 1.54. The van der Waals surface area contributed by atoms with Crippen LogP contribution in [0.25, 0.3) is 0 Å². The van der Waals surface area contributed by atoms with Gasteiger partial charge in [-0.1, -0.05) is 12.1 Å². The van der Waals surface area contributed by atoms with Gasteiger partial charge in [0, 0.05) is 50.1 Å². The summed E-state index contributed by atoms with van der Waals surface area (Å²) < 4.78 is 27.8. The summed E-state index contributed by atoms with van der Waals surface area (Å²) in [6.07, 6.45) is 1.77. The van der Waals surface area contributed by atoms with Crippen LogP contribution in [-0.4, -0.2) is 67.3 Å². The molecule has 3 heterocycles. The SMILES string of the molecule is Cc1cccc(N2CCN(C(=O)c3[nH]c(C)c(S(=O)(=O)N4CCCC4)c3C)C[C@@H]2C)c1. The summed E-state index contributed by atoms with van der Waals surface area (Å²) in [6, 6.07) is 8.58. The lowest BCUT2D eigenvalue weighted by atomic mass is 10.1. The van der Waals surface area contributed by atoms with Crippen LogP contribution in [0.1, 0.15) is 47.1 Å². The molecule has 0 spiro atoms. The van der Waals surface area contributed by atoms with Gasteiger partial charge >= 0.3 is 0 Å². The molecule has 0 radical (unpaired) electrons. The predicted molar refractivity (Wildman–Crippen MR) is 122 cm³/mol. The third-order valence-electron chi connectivity index (χ3n) is 6.49. The molecule has 0 saturated carbocycles. The zero-order valence-corrected chi connectivity index (χ0v) is 19.6. The number of carbonyl (C=O) groups is 1. The molecule has 2 aromatic rings. The van der Waals surface area contributed by atoms with E-state index >= 15 is 0 Å². The number of carbonyl (C=O) groups excluding carboxylic acids is 1. The van der Waals surface area contributed by atoms with Crippen molar-refractivity contribution in [2.75, 3.05) is 37.6 Å². The minimum absolute atomic E-state index is 0.126. The maximum Gasteiger partial charge on any atom is 0.270 e. The number of benzene rings is 1. The lowest BCUT2D eigenvalue weighted by Crippen LogP contribution is -2.54. The van der Waals surface area contributed by atoms with E-state index in [9.17, 15) is 13.2 Å². The minimum atomic E-state index is -3.58. The number of sulfonamides is 1. The van der Waals surface area contributed by atoms with Crippen molar-refractivity contribution in [1.29, 1.82) is 0 Å². The van der Waals surface area contributed by atoms with Crippen molar-refractivity contribution in [3.63, 3.8) is 0 Å². The number of aryl methyl sites for hydroxylation is 2. The van der Waals surface area contributed by atoms with Crippen molar-refractivity contribution in [3.05, 3.63) is 46.8 Å². The van der Waals surface area contributed by atoms with E-state index in [1.807, 2.05) is 4.90 Å². The molecule has 168 valence electrons. The smallest absolute Gasteiger partial charge is 0.270 e. The fourth-order valence-corrected chi connectivity index (χ4v) is 6.81. The lowest BCUT2D eigenvalue weighted by Gasteiger charge is -2.41. The van der Waals surface area contributed by atoms with Crippen LogP contribution < -0.4 is 4.90 Å². The van der Waals surface area contributed by atoms with Gasteiger partial charge < -0.3 is 14.8 Å². The van der Waals surface area contributed by atoms with Gasteiger partial charge in [-0.3, -0.25) is 4.79 Å². The monoisotopic (exact) mass is 444 g/mol. The molecule has 2 fully saturated rings. The van der Waals surface area contributed by atoms with Gasteiger partial charge in [-0.25, -0.2) is 8.42 Å². The first kappa shape index (κ1) is 21.9. The van der Waals surface area contributed by atoms with Crippen molar-refractivity contribution < 1.29 is 13.2 Å². The van der Waals surface area contributed by atoms with E-state index in [1.54, 1.807) is 13.8 Å². The molecule has 4 rings (SSSR count). The van der Waals surface area contributed by atoms with Crippen molar-refractivity contribution >= 4 is 21.6 Å². The van der Waals surface area contributed by atoms with E-state index in [0.717, 1.165) is 19.4 Å². The summed E-state index contributed by atoms with van der Waals surface area (Å²) in [5.74, 6) is -0.126. The highest BCUT2D eigenvalue weighted by Crippen LogP contribution is 2.30. The average molecular weight is 445 g/mol. The number of hydrogen-bond acceptors (Lipinski definition) is 4. The Bertz CT molecular complexity index is 1090. The van der Waals surface area contributed by atoms with E-state index in [1.165, 1.54) is 15.6 Å². The van der Waals surface area contributed by atoms with E-state index in [-0.39, 0.29) is 16.8 Å².